The van der Waals surface area contributed by atoms with Gasteiger partial charge in [0.25, 0.3) is 0 Å². The van der Waals surface area contributed by atoms with Crippen LogP contribution in [-0.4, -0.2) is 28.9 Å². The van der Waals surface area contributed by atoms with Crippen LogP contribution in [0.4, 0.5) is 0 Å². The molecule has 0 spiro atoms. The van der Waals surface area contributed by atoms with Gasteiger partial charge in [-0.15, -0.1) is 0 Å². The third-order valence-electron chi connectivity index (χ3n) is 2.31. The topological polar surface area (TPSA) is 12.9 Å². The second-order valence-electron chi connectivity index (χ2n) is 4.53. The molecule has 0 aromatic carbocycles. The Morgan fingerprint density at radius 1 is 0.750 bits per heavy atom. The number of hydrogen-bond donors (Lipinski definition) is 0. The zero-order valence-corrected chi connectivity index (χ0v) is 17.9. The Morgan fingerprint density at radius 2 is 1.10 bits per heavy atom. The monoisotopic (exact) mass is 387 g/mol. The molecule has 2 heteroatoms. The Balaban J connectivity index is -0.0000000881. The number of aromatic nitrogens is 1. The molecule has 0 saturated heterocycles. The van der Waals surface area contributed by atoms with Crippen LogP contribution in [-0.2, 0) is 0 Å². The van der Waals surface area contributed by atoms with Crippen LogP contribution in [0.25, 0.3) is 0 Å². The first kappa shape index (κ1) is 28.2. The van der Waals surface area contributed by atoms with Gasteiger partial charge in [-0.25, -0.2) is 0 Å². The molecule has 0 atom stereocenters. The Morgan fingerprint density at radius 3 is 1.20 bits per heavy atom. The minimum atomic E-state index is 0. The van der Waals surface area contributed by atoms with E-state index in [0.717, 1.165) is 0 Å². The molecular weight excluding hydrogens is 349 g/mol. The van der Waals surface area contributed by atoms with E-state index in [1.165, 1.54) is 44.1 Å². The van der Waals surface area contributed by atoms with Crippen LogP contribution >= 0.6 is 0 Å². The van der Waals surface area contributed by atoms with Crippen molar-refractivity contribution in [1.82, 2.24) is 4.98 Å². The number of hydrogen-bond acceptors (Lipinski definition) is 1. The first-order valence-electron chi connectivity index (χ1n) is 8.00. The van der Waals surface area contributed by atoms with Crippen LogP contribution < -0.4 is 0 Å². The van der Waals surface area contributed by atoms with Crippen molar-refractivity contribution < 1.29 is 0 Å². The van der Waals surface area contributed by atoms with Gasteiger partial charge in [-0.1, -0.05) is 86.1 Å². The van der Waals surface area contributed by atoms with E-state index in [1.54, 1.807) is 6.20 Å². The van der Waals surface area contributed by atoms with Gasteiger partial charge in [0.2, 0.25) is 0 Å². The standard InChI is InChI=1S/C6H7N.3C4H10.Sn/c1-6-3-2-4-7-5-6;3*1-3-4-2;/h2-5H,1H3;3*3-4H2,1-2H3;. The van der Waals surface area contributed by atoms with Gasteiger partial charge in [0.05, 0.1) is 0 Å². The minimum Gasteiger partial charge on any atom is -0.264 e. The predicted molar refractivity (Wildman–Crippen MR) is 96.5 cm³/mol. The smallest absolute Gasteiger partial charge is 0.0297 e. The normalized spacial score (nSPS) is 7.55. The molecule has 0 aliphatic heterocycles. The summed E-state index contributed by atoms with van der Waals surface area (Å²) in [6.07, 6.45) is 11.5. The van der Waals surface area contributed by atoms with Crippen molar-refractivity contribution in [3.05, 3.63) is 30.1 Å². The van der Waals surface area contributed by atoms with E-state index >= 15 is 0 Å². The average molecular weight is 386 g/mol. The van der Waals surface area contributed by atoms with Gasteiger partial charge in [-0.05, 0) is 18.6 Å². The van der Waals surface area contributed by atoms with Crippen molar-refractivity contribution in [2.24, 2.45) is 0 Å². The van der Waals surface area contributed by atoms with Crippen molar-refractivity contribution in [3.8, 4) is 0 Å². The van der Waals surface area contributed by atoms with E-state index in [1.807, 2.05) is 25.3 Å². The fourth-order valence-electron chi connectivity index (χ4n) is 0.448. The largest absolute Gasteiger partial charge is 0.264 e. The molecule has 20 heavy (non-hydrogen) atoms. The van der Waals surface area contributed by atoms with Crippen molar-refractivity contribution >= 4 is 23.9 Å². The molecule has 1 aromatic rings. The van der Waals surface area contributed by atoms with E-state index in [9.17, 15) is 0 Å². The van der Waals surface area contributed by atoms with Crippen molar-refractivity contribution in [2.75, 3.05) is 0 Å². The number of pyridine rings is 1. The van der Waals surface area contributed by atoms with Gasteiger partial charge in [-0.3, -0.25) is 4.98 Å². The summed E-state index contributed by atoms with van der Waals surface area (Å²) in [5.74, 6) is 0. The Bertz CT molecular complexity index is 196. The van der Waals surface area contributed by atoms with E-state index in [4.69, 9.17) is 0 Å². The van der Waals surface area contributed by atoms with Crippen molar-refractivity contribution in [3.63, 3.8) is 0 Å². The van der Waals surface area contributed by atoms with Crippen LogP contribution in [0.15, 0.2) is 24.5 Å². The van der Waals surface area contributed by atoms with Crippen molar-refractivity contribution in [2.45, 2.75) is 87.0 Å². The Kier molecular flexibility index (Phi) is 44.2. The summed E-state index contributed by atoms with van der Waals surface area (Å²) >= 11 is 0. The zero-order valence-electron chi connectivity index (χ0n) is 15.0. The number of unbranched alkanes of at least 4 members (excludes halogenated alkanes) is 3. The van der Waals surface area contributed by atoms with Crippen molar-refractivity contribution in [1.29, 1.82) is 0 Å². The molecule has 4 radical (unpaired) electrons. The molecule has 1 heterocycles. The first-order valence-corrected chi connectivity index (χ1v) is 8.00. The molecule has 0 aliphatic rings. The maximum absolute atomic E-state index is 3.88. The molecule has 1 aromatic heterocycles. The molecular formula is C18H37NSn. The summed E-state index contributed by atoms with van der Waals surface area (Å²) < 4.78 is 0. The van der Waals surface area contributed by atoms with Gasteiger partial charge >= 0.3 is 0 Å². The van der Waals surface area contributed by atoms with Gasteiger partial charge < -0.3 is 0 Å². The van der Waals surface area contributed by atoms with Gasteiger partial charge in [0.1, 0.15) is 0 Å². The van der Waals surface area contributed by atoms with E-state index in [2.05, 4.69) is 46.5 Å². The molecule has 0 amide bonds. The number of aryl methyl sites for hydroxylation is 1. The molecule has 0 fully saturated rings. The Labute approximate surface area is 145 Å². The molecule has 0 aliphatic carbocycles. The average Bonchev–Trinajstić information content (AvgIpc) is 2.48. The second-order valence-corrected chi connectivity index (χ2v) is 4.53. The van der Waals surface area contributed by atoms with E-state index < -0.39 is 0 Å². The molecule has 1 nitrogen and oxygen atoms in total. The van der Waals surface area contributed by atoms with Crippen LogP contribution in [0.2, 0.25) is 0 Å². The van der Waals surface area contributed by atoms with E-state index in [0.29, 0.717) is 0 Å². The summed E-state index contributed by atoms with van der Waals surface area (Å²) in [5, 5.41) is 0. The third kappa shape index (κ3) is 43.0. The van der Waals surface area contributed by atoms with Crippen LogP contribution in [0, 0.1) is 6.92 Å². The molecule has 1 rings (SSSR count). The minimum absolute atomic E-state index is 0. The molecule has 0 N–H and O–H groups in total. The SMILES string of the molecule is CCCC.CCCC.CCCC.Cc1cccnc1.[Sn]. The molecule has 118 valence electrons. The van der Waals surface area contributed by atoms with Crippen LogP contribution in [0.1, 0.15) is 85.6 Å². The maximum Gasteiger partial charge on any atom is 0.0297 e. The second kappa shape index (κ2) is 31.4. The summed E-state index contributed by atoms with van der Waals surface area (Å²) in [6.45, 7) is 15.1. The predicted octanol–water partition coefficient (Wildman–Crippen LogP) is 6.43. The fraction of sp³-hybridized carbons (Fsp3) is 0.722. The van der Waals surface area contributed by atoms with E-state index in [-0.39, 0.29) is 23.9 Å². The third-order valence-corrected chi connectivity index (χ3v) is 2.31. The van der Waals surface area contributed by atoms with Crippen LogP contribution in [0.3, 0.4) is 0 Å². The maximum atomic E-state index is 3.88. The van der Waals surface area contributed by atoms with Gasteiger partial charge in [0, 0.05) is 36.3 Å². The summed E-state index contributed by atoms with van der Waals surface area (Å²) in [4.78, 5) is 3.88. The fourth-order valence-corrected chi connectivity index (χ4v) is 0.448. The van der Waals surface area contributed by atoms with Crippen LogP contribution in [0.5, 0.6) is 0 Å². The van der Waals surface area contributed by atoms with Gasteiger partial charge in [0.15, 0.2) is 0 Å². The number of rotatable bonds is 3. The van der Waals surface area contributed by atoms with Gasteiger partial charge in [-0.2, -0.15) is 0 Å². The molecule has 0 bridgehead atoms. The zero-order chi connectivity index (χ0) is 15.4. The first-order chi connectivity index (χ1) is 9.14. The Hall–Kier alpha value is -0.0513. The number of nitrogens with zero attached hydrogens (tertiary/aromatic N) is 1. The summed E-state index contributed by atoms with van der Waals surface area (Å²) in [5.41, 5.74) is 1.21. The molecule has 0 saturated carbocycles. The summed E-state index contributed by atoms with van der Waals surface area (Å²) in [7, 11) is 0. The molecule has 0 unspecified atom stereocenters. The quantitative estimate of drug-likeness (QED) is 0.546. The summed E-state index contributed by atoms with van der Waals surface area (Å²) in [6, 6.07) is 3.95.